The largest absolute Gasteiger partial charge is 0.310 e. The molecule has 1 aliphatic rings. The Morgan fingerprint density at radius 2 is 2.00 bits per heavy atom. The molecule has 1 aliphatic carbocycles. The van der Waals surface area contributed by atoms with Crippen molar-refractivity contribution in [3.8, 4) is 11.1 Å². The molecule has 5 rings (SSSR count). The third-order valence-corrected chi connectivity index (χ3v) is 5.99. The van der Waals surface area contributed by atoms with Crippen molar-refractivity contribution >= 4 is 28.3 Å². The normalized spacial score (nSPS) is 17.1. The van der Waals surface area contributed by atoms with Crippen molar-refractivity contribution in [2.45, 2.75) is 45.5 Å². The predicted octanol–water partition coefficient (Wildman–Crippen LogP) is 5.19. The summed E-state index contributed by atoms with van der Waals surface area (Å²) in [7, 11) is 0. The zero-order chi connectivity index (χ0) is 22.5. The first-order valence-electron chi connectivity index (χ1n) is 10.8. The number of aromatic nitrogens is 4. The maximum absolute atomic E-state index is 13.2. The van der Waals surface area contributed by atoms with Gasteiger partial charge in [0, 0.05) is 59.5 Å². The standard InChI is InChI=1S/C24H23F2N5O/c1-3-4-5-16-8-14(2)18(13-28-16)17-9-15-12-29-21(30-23(32)19-11-24(19,25)26)10-20(15)31-7-6-27-22(17)31/h6-10,12-13,19H,3-5,11H2,1-2H3,(H,29,30,32). The number of aryl methyl sites for hydroxylation is 2. The van der Waals surface area contributed by atoms with Gasteiger partial charge in [-0.05, 0) is 37.5 Å². The van der Waals surface area contributed by atoms with E-state index in [0.29, 0.717) is 0 Å². The average molecular weight is 435 g/mol. The van der Waals surface area contributed by atoms with Crippen molar-refractivity contribution in [3.63, 3.8) is 0 Å². The molecule has 0 saturated heterocycles. The topological polar surface area (TPSA) is 72.2 Å². The van der Waals surface area contributed by atoms with Gasteiger partial charge in [-0.15, -0.1) is 0 Å². The van der Waals surface area contributed by atoms with Crippen molar-refractivity contribution in [1.29, 1.82) is 0 Å². The van der Waals surface area contributed by atoms with Crippen molar-refractivity contribution in [2.24, 2.45) is 5.92 Å². The van der Waals surface area contributed by atoms with Crippen LogP contribution < -0.4 is 5.32 Å². The fourth-order valence-electron chi connectivity index (χ4n) is 4.06. The van der Waals surface area contributed by atoms with E-state index in [2.05, 4.69) is 40.2 Å². The van der Waals surface area contributed by atoms with E-state index in [1.165, 1.54) is 0 Å². The molecule has 0 aromatic carbocycles. The fourth-order valence-corrected chi connectivity index (χ4v) is 4.06. The van der Waals surface area contributed by atoms with Gasteiger partial charge in [0.15, 0.2) is 0 Å². The molecule has 8 heteroatoms. The van der Waals surface area contributed by atoms with Gasteiger partial charge < -0.3 is 5.32 Å². The van der Waals surface area contributed by atoms with Crippen LogP contribution in [0.2, 0.25) is 0 Å². The molecule has 0 radical (unpaired) electrons. The van der Waals surface area contributed by atoms with Crippen molar-refractivity contribution in [2.75, 3.05) is 5.32 Å². The number of carbonyl (C=O) groups excluding carboxylic acids is 1. The summed E-state index contributed by atoms with van der Waals surface area (Å²) in [6, 6.07) is 5.81. The van der Waals surface area contributed by atoms with Crippen LogP contribution in [0.4, 0.5) is 14.6 Å². The quantitative estimate of drug-likeness (QED) is 0.452. The number of amides is 1. The molecular formula is C24H23F2N5O. The van der Waals surface area contributed by atoms with E-state index in [9.17, 15) is 13.6 Å². The fraction of sp³-hybridized carbons (Fsp3) is 0.333. The van der Waals surface area contributed by atoms with Gasteiger partial charge in [0.05, 0.1) is 5.52 Å². The molecule has 32 heavy (non-hydrogen) atoms. The number of imidazole rings is 1. The number of nitrogens with zero attached hydrogens (tertiary/aromatic N) is 4. The van der Waals surface area contributed by atoms with Crippen LogP contribution in [0.15, 0.2) is 43.0 Å². The Labute approximate surface area is 183 Å². The highest BCUT2D eigenvalue weighted by atomic mass is 19.3. The molecule has 4 heterocycles. The SMILES string of the molecule is CCCCc1cc(C)c(-c2cc3cnc(NC(=O)C4CC4(F)F)cc3n3ccnc23)cn1. The Kier molecular flexibility index (Phi) is 4.87. The van der Waals surface area contributed by atoms with E-state index in [1.807, 2.05) is 22.9 Å². The van der Waals surface area contributed by atoms with Crippen LogP contribution in [0, 0.1) is 12.8 Å². The number of anilines is 1. The second kappa shape index (κ2) is 7.62. The molecule has 1 saturated carbocycles. The van der Waals surface area contributed by atoms with Gasteiger partial charge >= 0.3 is 0 Å². The molecule has 164 valence electrons. The van der Waals surface area contributed by atoms with E-state index in [4.69, 9.17) is 0 Å². The van der Waals surface area contributed by atoms with Crippen molar-refractivity contribution in [3.05, 3.63) is 54.2 Å². The Morgan fingerprint density at radius 3 is 2.72 bits per heavy atom. The van der Waals surface area contributed by atoms with Gasteiger partial charge in [-0.3, -0.25) is 14.2 Å². The summed E-state index contributed by atoms with van der Waals surface area (Å²) in [4.78, 5) is 25.5. The number of pyridine rings is 3. The summed E-state index contributed by atoms with van der Waals surface area (Å²) in [5, 5.41) is 3.36. The van der Waals surface area contributed by atoms with Crippen LogP contribution >= 0.6 is 0 Å². The molecule has 4 aromatic heterocycles. The number of halogens is 2. The van der Waals surface area contributed by atoms with Gasteiger partial charge in [-0.25, -0.2) is 18.7 Å². The summed E-state index contributed by atoms with van der Waals surface area (Å²) in [5.41, 5.74) is 5.66. The third kappa shape index (κ3) is 3.59. The van der Waals surface area contributed by atoms with E-state index < -0.39 is 24.2 Å². The Morgan fingerprint density at radius 1 is 1.19 bits per heavy atom. The first kappa shape index (κ1) is 20.5. The van der Waals surface area contributed by atoms with Crippen LogP contribution in [0.5, 0.6) is 0 Å². The van der Waals surface area contributed by atoms with Gasteiger partial charge in [-0.2, -0.15) is 0 Å². The van der Waals surface area contributed by atoms with Gasteiger partial charge in [0.2, 0.25) is 5.91 Å². The molecule has 0 aliphatic heterocycles. The highest BCUT2D eigenvalue weighted by Gasteiger charge is 2.61. The van der Waals surface area contributed by atoms with Crippen LogP contribution in [-0.2, 0) is 11.2 Å². The molecule has 0 bridgehead atoms. The van der Waals surface area contributed by atoms with Crippen LogP contribution in [0.1, 0.15) is 37.4 Å². The van der Waals surface area contributed by atoms with Crippen LogP contribution in [-0.4, -0.2) is 31.2 Å². The first-order valence-corrected chi connectivity index (χ1v) is 10.8. The molecule has 6 nitrogen and oxygen atoms in total. The molecular weight excluding hydrogens is 412 g/mol. The number of hydrogen-bond donors (Lipinski definition) is 1. The lowest BCUT2D eigenvalue weighted by Gasteiger charge is -2.12. The van der Waals surface area contributed by atoms with Gasteiger partial charge in [-0.1, -0.05) is 13.3 Å². The minimum atomic E-state index is -2.91. The highest BCUT2D eigenvalue weighted by molar-refractivity contribution is 5.97. The minimum absolute atomic E-state index is 0.242. The summed E-state index contributed by atoms with van der Waals surface area (Å²) in [6.07, 6.45) is 9.85. The second-order valence-corrected chi connectivity index (χ2v) is 8.41. The van der Waals surface area contributed by atoms with E-state index >= 15 is 0 Å². The molecule has 1 N–H and O–H groups in total. The number of fused-ring (bicyclic) bond motifs is 3. The Hall–Kier alpha value is -3.42. The lowest BCUT2D eigenvalue weighted by molar-refractivity contribution is -0.119. The monoisotopic (exact) mass is 435 g/mol. The summed E-state index contributed by atoms with van der Waals surface area (Å²) in [6.45, 7) is 4.23. The molecule has 1 unspecified atom stereocenters. The molecule has 1 atom stereocenters. The Balaban J connectivity index is 1.53. The van der Waals surface area contributed by atoms with Crippen LogP contribution in [0.25, 0.3) is 27.7 Å². The number of unbranched alkanes of at least 4 members (excludes halogenated alkanes) is 1. The lowest BCUT2D eigenvalue weighted by Crippen LogP contribution is -2.18. The molecule has 1 amide bonds. The average Bonchev–Trinajstić information content (AvgIpc) is 3.17. The summed E-state index contributed by atoms with van der Waals surface area (Å²) in [5.74, 6) is -4.64. The Bertz CT molecular complexity index is 1350. The van der Waals surface area contributed by atoms with Crippen molar-refractivity contribution in [1.82, 2.24) is 19.4 Å². The van der Waals surface area contributed by atoms with E-state index in [0.717, 1.165) is 58.2 Å². The number of alkyl halides is 2. The first-order chi connectivity index (χ1) is 15.4. The third-order valence-electron chi connectivity index (χ3n) is 5.99. The zero-order valence-corrected chi connectivity index (χ0v) is 17.9. The summed E-state index contributed by atoms with van der Waals surface area (Å²) < 4.78 is 28.3. The molecule has 4 aromatic rings. The van der Waals surface area contributed by atoms with E-state index in [-0.39, 0.29) is 5.82 Å². The number of hydrogen-bond acceptors (Lipinski definition) is 4. The van der Waals surface area contributed by atoms with Crippen LogP contribution in [0.3, 0.4) is 0 Å². The van der Waals surface area contributed by atoms with E-state index in [1.54, 1.807) is 18.5 Å². The molecule has 1 fully saturated rings. The summed E-state index contributed by atoms with van der Waals surface area (Å²) >= 11 is 0. The zero-order valence-electron chi connectivity index (χ0n) is 17.9. The number of carbonyl (C=O) groups is 1. The smallest absolute Gasteiger partial charge is 0.260 e. The van der Waals surface area contributed by atoms with Gasteiger partial charge in [0.25, 0.3) is 5.92 Å². The van der Waals surface area contributed by atoms with Gasteiger partial charge in [0.1, 0.15) is 17.4 Å². The lowest BCUT2D eigenvalue weighted by atomic mass is 10.0. The maximum Gasteiger partial charge on any atom is 0.260 e. The second-order valence-electron chi connectivity index (χ2n) is 8.41. The molecule has 0 spiro atoms. The number of nitrogens with one attached hydrogen (secondary N) is 1. The maximum atomic E-state index is 13.2. The highest BCUT2D eigenvalue weighted by Crippen LogP contribution is 2.49. The minimum Gasteiger partial charge on any atom is -0.310 e. The number of rotatable bonds is 6. The van der Waals surface area contributed by atoms with Crippen molar-refractivity contribution < 1.29 is 13.6 Å². The predicted molar refractivity (Wildman–Crippen MR) is 119 cm³/mol.